The third-order valence-corrected chi connectivity index (χ3v) is 3.76. The molecule has 1 heterocycles. The minimum Gasteiger partial charge on any atom is -0.469 e. The molecule has 0 radical (unpaired) electrons. The smallest absolute Gasteiger partial charge is 0.310 e. The maximum atomic E-state index is 11.5. The van der Waals surface area contributed by atoms with E-state index in [1.807, 2.05) is 6.92 Å². The van der Waals surface area contributed by atoms with E-state index in [1.165, 1.54) is 7.11 Å². The third-order valence-electron chi connectivity index (χ3n) is 3.76. The summed E-state index contributed by atoms with van der Waals surface area (Å²) in [4.78, 5) is 29.2. The minimum absolute atomic E-state index is 0.256. The second-order valence-corrected chi connectivity index (χ2v) is 5.74. The van der Waals surface area contributed by atoms with Crippen molar-refractivity contribution in [2.75, 3.05) is 33.3 Å². The second-order valence-electron chi connectivity index (χ2n) is 5.74. The number of rotatable bonds is 6. The van der Waals surface area contributed by atoms with Gasteiger partial charge in [-0.25, -0.2) is 0 Å². The summed E-state index contributed by atoms with van der Waals surface area (Å²) in [6.45, 7) is 6.60. The Balaban J connectivity index is 2.68. The highest BCUT2D eigenvalue weighted by Gasteiger charge is 2.24. The van der Waals surface area contributed by atoms with Crippen molar-refractivity contribution < 1.29 is 14.3 Å². The van der Waals surface area contributed by atoms with Crippen molar-refractivity contribution in [3.8, 4) is 0 Å². The number of amides is 1. The molecular formula is C15H28N4O3. The molecular weight excluding hydrogens is 284 g/mol. The predicted molar refractivity (Wildman–Crippen MR) is 85.3 cm³/mol. The van der Waals surface area contributed by atoms with Crippen LogP contribution in [0.3, 0.4) is 0 Å². The minimum atomic E-state index is -0.273. The number of primary amides is 1. The highest BCUT2D eigenvalue weighted by molar-refractivity contribution is 5.81. The van der Waals surface area contributed by atoms with Crippen molar-refractivity contribution in [3.63, 3.8) is 0 Å². The number of ether oxygens (including phenoxy) is 1. The number of piperidine rings is 1. The number of nitrogens with zero attached hydrogens (tertiary/aromatic N) is 2. The summed E-state index contributed by atoms with van der Waals surface area (Å²) in [5, 5.41) is 3.25. The summed E-state index contributed by atoms with van der Waals surface area (Å²) in [6, 6.07) is 0. The molecule has 1 aliphatic heterocycles. The molecule has 1 rings (SSSR count). The van der Waals surface area contributed by atoms with E-state index in [9.17, 15) is 9.59 Å². The Hall–Kier alpha value is -1.79. The molecule has 0 spiro atoms. The number of nitrogens with one attached hydrogen (secondary N) is 1. The second kappa shape index (κ2) is 9.27. The average Bonchev–Trinajstić information content (AvgIpc) is 2.49. The van der Waals surface area contributed by atoms with E-state index in [1.54, 1.807) is 6.92 Å². The first-order chi connectivity index (χ1) is 10.5. The molecule has 22 heavy (non-hydrogen) atoms. The van der Waals surface area contributed by atoms with Gasteiger partial charge in [-0.15, -0.1) is 0 Å². The molecule has 7 nitrogen and oxygen atoms in total. The van der Waals surface area contributed by atoms with Gasteiger partial charge in [0.25, 0.3) is 0 Å². The molecule has 0 aromatic rings. The number of guanidine groups is 1. The van der Waals surface area contributed by atoms with Gasteiger partial charge in [0, 0.05) is 26.1 Å². The highest BCUT2D eigenvalue weighted by atomic mass is 16.5. The standard InChI is InChI=1S/C15H28N4O3/c1-4-17-15(18-9-11(2)14(21)22-3)19-7-5-6-12(10-19)8-13(16)20/h11-12H,4-10H2,1-3H3,(H2,16,20)(H,17,18). The maximum absolute atomic E-state index is 11.5. The summed E-state index contributed by atoms with van der Waals surface area (Å²) < 4.78 is 4.72. The zero-order valence-electron chi connectivity index (χ0n) is 13.8. The predicted octanol–water partition coefficient (Wildman–Crippen LogP) is 0.348. The van der Waals surface area contributed by atoms with Crippen molar-refractivity contribution in [3.05, 3.63) is 0 Å². The zero-order valence-corrected chi connectivity index (χ0v) is 13.8. The van der Waals surface area contributed by atoms with E-state index in [0.29, 0.717) is 13.0 Å². The van der Waals surface area contributed by atoms with E-state index in [-0.39, 0.29) is 23.7 Å². The van der Waals surface area contributed by atoms with Crippen LogP contribution in [0.15, 0.2) is 4.99 Å². The number of aliphatic imine (C=N–C) groups is 1. The molecule has 3 N–H and O–H groups in total. The van der Waals surface area contributed by atoms with Crippen LogP contribution in [0.2, 0.25) is 0 Å². The fraction of sp³-hybridized carbons (Fsp3) is 0.800. The van der Waals surface area contributed by atoms with Gasteiger partial charge in [-0.1, -0.05) is 6.92 Å². The van der Waals surface area contributed by atoms with E-state index in [4.69, 9.17) is 10.5 Å². The van der Waals surface area contributed by atoms with Crippen LogP contribution < -0.4 is 11.1 Å². The van der Waals surface area contributed by atoms with Crippen LogP contribution in [0.4, 0.5) is 0 Å². The summed E-state index contributed by atoms with van der Waals surface area (Å²) >= 11 is 0. The van der Waals surface area contributed by atoms with Gasteiger partial charge >= 0.3 is 5.97 Å². The van der Waals surface area contributed by atoms with Gasteiger partial charge in [-0.05, 0) is 25.7 Å². The quantitative estimate of drug-likeness (QED) is 0.419. The summed E-state index contributed by atoms with van der Waals surface area (Å²) in [7, 11) is 1.38. The van der Waals surface area contributed by atoms with Crippen LogP contribution in [0.5, 0.6) is 0 Å². The maximum Gasteiger partial charge on any atom is 0.310 e. The molecule has 1 fully saturated rings. The molecule has 7 heteroatoms. The Morgan fingerprint density at radius 3 is 2.82 bits per heavy atom. The fourth-order valence-electron chi connectivity index (χ4n) is 2.63. The van der Waals surface area contributed by atoms with Crippen molar-refractivity contribution in [1.29, 1.82) is 0 Å². The summed E-state index contributed by atoms with van der Waals surface area (Å²) in [6.07, 6.45) is 2.43. The lowest BCUT2D eigenvalue weighted by atomic mass is 9.95. The Morgan fingerprint density at radius 2 is 2.23 bits per heavy atom. The topological polar surface area (TPSA) is 97.0 Å². The number of hydrogen-bond donors (Lipinski definition) is 2. The lowest BCUT2D eigenvalue weighted by molar-refractivity contribution is -0.144. The van der Waals surface area contributed by atoms with E-state index in [0.717, 1.165) is 38.4 Å². The zero-order chi connectivity index (χ0) is 16.5. The van der Waals surface area contributed by atoms with Gasteiger partial charge in [0.15, 0.2) is 5.96 Å². The third kappa shape index (κ3) is 5.91. The molecule has 0 bridgehead atoms. The number of esters is 1. The summed E-state index contributed by atoms with van der Waals surface area (Å²) in [5.74, 6) is 0.267. The molecule has 1 saturated heterocycles. The molecule has 0 aliphatic carbocycles. The molecule has 1 amide bonds. The monoisotopic (exact) mass is 312 g/mol. The Morgan fingerprint density at radius 1 is 1.50 bits per heavy atom. The molecule has 0 aromatic carbocycles. The SMILES string of the molecule is CCNC(=NCC(C)C(=O)OC)N1CCCC(CC(N)=O)C1. The van der Waals surface area contributed by atoms with Crippen molar-refractivity contribution in [1.82, 2.24) is 10.2 Å². The highest BCUT2D eigenvalue weighted by Crippen LogP contribution is 2.19. The van der Waals surface area contributed by atoms with Crippen LogP contribution in [-0.2, 0) is 14.3 Å². The van der Waals surface area contributed by atoms with Crippen LogP contribution in [0, 0.1) is 11.8 Å². The first-order valence-corrected chi connectivity index (χ1v) is 7.87. The van der Waals surface area contributed by atoms with Gasteiger partial charge in [0.2, 0.25) is 5.91 Å². The lowest BCUT2D eigenvalue weighted by Crippen LogP contribution is -2.47. The van der Waals surface area contributed by atoms with Gasteiger partial charge in [0.1, 0.15) is 0 Å². The van der Waals surface area contributed by atoms with Gasteiger partial charge < -0.3 is 20.7 Å². The number of hydrogen-bond acceptors (Lipinski definition) is 4. The first kappa shape index (κ1) is 18.3. The van der Waals surface area contributed by atoms with Crippen LogP contribution in [0.25, 0.3) is 0 Å². The number of carbonyl (C=O) groups excluding carboxylic acids is 2. The Bertz CT molecular complexity index is 412. The molecule has 126 valence electrons. The van der Waals surface area contributed by atoms with Crippen LogP contribution in [-0.4, -0.2) is 56.0 Å². The first-order valence-electron chi connectivity index (χ1n) is 7.87. The van der Waals surface area contributed by atoms with Gasteiger partial charge in [-0.3, -0.25) is 14.6 Å². The van der Waals surface area contributed by atoms with E-state index in [2.05, 4.69) is 15.2 Å². The number of methoxy groups -OCH3 is 1. The molecule has 1 aliphatic rings. The number of likely N-dealkylation sites (tertiary alicyclic amines) is 1. The van der Waals surface area contributed by atoms with Gasteiger partial charge in [-0.2, -0.15) is 0 Å². The lowest BCUT2D eigenvalue weighted by Gasteiger charge is -2.34. The van der Waals surface area contributed by atoms with Gasteiger partial charge in [0.05, 0.1) is 19.6 Å². The van der Waals surface area contributed by atoms with Crippen molar-refractivity contribution in [2.45, 2.75) is 33.1 Å². The molecule has 2 unspecified atom stereocenters. The number of carbonyl (C=O) groups is 2. The normalized spacial score (nSPS) is 20.4. The largest absolute Gasteiger partial charge is 0.469 e. The van der Waals surface area contributed by atoms with Crippen molar-refractivity contribution in [2.24, 2.45) is 22.6 Å². The Kier molecular flexibility index (Phi) is 7.70. The van der Waals surface area contributed by atoms with E-state index < -0.39 is 0 Å². The fourth-order valence-corrected chi connectivity index (χ4v) is 2.63. The molecule has 0 aromatic heterocycles. The van der Waals surface area contributed by atoms with E-state index >= 15 is 0 Å². The Labute approximate surface area is 132 Å². The molecule has 0 saturated carbocycles. The van der Waals surface area contributed by atoms with Crippen molar-refractivity contribution >= 4 is 17.8 Å². The van der Waals surface area contributed by atoms with Crippen LogP contribution >= 0.6 is 0 Å². The van der Waals surface area contributed by atoms with Crippen LogP contribution in [0.1, 0.15) is 33.1 Å². The number of nitrogens with two attached hydrogens (primary N) is 1. The molecule has 2 atom stereocenters. The average molecular weight is 312 g/mol. The summed E-state index contributed by atoms with van der Waals surface area (Å²) in [5.41, 5.74) is 5.30.